The van der Waals surface area contributed by atoms with Gasteiger partial charge in [0.2, 0.25) is 5.88 Å². The van der Waals surface area contributed by atoms with Crippen molar-refractivity contribution in [2.75, 3.05) is 24.4 Å². The summed E-state index contributed by atoms with van der Waals surface area (Å²) in [7, 11) is 0.827. The van der Waals surface area contributed by atoms with Crippen molar-refractivity contribution in [3.05, 3.63) is 11.9 Å². The molecule has 0 fully saturated rings. The Kier molecular flexibility index (Phi) is 5.34. The molecular weight excluding hydrogens is 238 g/mol. The van der Waals surface area contributed by atoms with Crippen LogP contribution in [-0.4, -0.2) is 39.3 Å². The molecule has 1 aromatic rings. The normalized spacial score (nSPS) is 14.1. The Morgan fingerprint density at radius 2 is 2.24 bits per heavy atom. The molecule has 1 aromatic heterocycles. The van der Waals surface area contributed by atoms with Crippen molar-refractivity contribution in [3.63, 3.8) is 0 Å². The van der Waals surface area contributed by atoms with Crippen molar-refractivity contribution in [2.24, 2.45) is 0 Å². The number of aryl methyl sites for hydroxylation is 1. The largest absolute Gasteiger partial charge is 0.481 e. The molecule has 0 aliphatic carbocycles. The maximum Gasteiger partial charge on any atom is 0.218 e. The van der Waals surface area contributed by atoms with Crippen LogP contribution in [-0.2, 0) is 10.8 Å². The third-order valence-corrected chi connectivity index (χ3v) is 3.07. The van der Waals surface area contributed by atoms with Gasteiger partial charge in [-0.15, -0.1) is 0 Å². The minimum atomic E-state index is -0.752. The van der Waals surface area contributed by atoms with E-state index in [2.05, 4.69) is 15.3 Å². The van der Waals surface area contributed by atoms with Gasteiger partial charge in [0, 0.05) is 34.9 Å². The van der Waals surface area contributed by atoms with Crippen molar-refractivity contribution in [1.29, 1.82) is 0 Å². The Morgan fingerprint density at radius 3 is 2.82 bits per heavy atom. The van der Waals surface area contributed by atoms with Crippen LogP contribution in [0.4, 0.5) is 5.82 Å². The summed E-state index contributed by atoms with van der Waals surface area (Å²) in [5.74, 6) is 2.64. The zero-order chi connectivity index (χ0) is 12.8. The third-order valence-electron chi connectivity index (χ3n) is 2.26. The van der Waals surface area contributed by atoms with Crippen LogP contribution in [0.3, 0.4) is 0 Å². The third kappa shape index (κ3) is 5.12. The molecule has 0 aliphatic rings. The number of anilines is 1. The zero-order valence-electron chi connectivity index (χ0n) is 10.7. The summed E-state index contributed by atoms with van der Waals surface area (Å²) in [6.45, 7) is 3.86. The number of nitrogens with one attached hydrogen (secondary N) is 1. The fraction of sp³-hybridized carbons (Fsp3) is 0.636. The minimum Gasteiger partial charge on any atom is -0.481 e. The van der Waals surface area contributed by atoms with E-state index in [1.165, 1.54) is 0 Å². The Balaban J connectivity index is 2.61. The summed E-state index contributed by atoms with van der Waals surface area (Å²) in [5, 5.41) is 3.25. The highest BCUT2D eigenvalue weighted by Crippen LogP contribution is 2.14. The number of methoxy groups -OCH3 is 1. The standard InChI is InChI=1S/C11H19N3O2S/c1-8(5-6-17(4)15)12-10-7-11(16-3)14-9(2)13-10/h7-8H,5-6H2,1-4H3,(H,12,13,14). The molecule has 0 aromatic carbocycles. The second kappa shape index (κ2) is 6.54. The first-order valence-electron chi connectivity index (χ1n) is 5.47. The van der Waals surface area contributed by atoms with Gasteiger partial charge >= 0.3 is 0 Å². The number of aromatic nitrogens is 2. The lowest BCUT2D eigenvalue weighted by molar-refractivity contribution is 0.396. The van der Waals surface area contributed by atoms with Crippen molar-refractivity contribution in [2.45, 2.75) is 26.3 Å². The monoisotopic (exact) mass is 257 g/mol. The second-order valence-electron chi connectivity index (χ2n) is 3.95. The highest BCUT2D eigenvalue weighted by Gasteiger charge is 2.06. The van der Waals surface area contributed by atoms with E-state index in [1.807, 2.05) is 13.8 Å². The molecule has 1 N–H and O–H groups in total. The number of hydrogen-bond acceptors (Lipinski definition) is 5. The summed E-state index contributed by atoms with van der Waals surface area (Å²) in [4.78, 5) is 8.38. The lowest BCUT2D eigenvalue weighted by Gasteiger charge is -2.14. The fourth-order valence-electron chi connectivity index (χ4n) is 1.39. The molecule has 0 saturated carbocycles. The van der Waals surface area contributed by atoms with Crippen molar-refractivity contribution >= 4 is 16.6 Å². The lowest BCUT2D eigenvalue weighted by Crippen LogP contribution is -2.19. The van der Waals surface area contributed by atoms with Crippen LogP contribution >= 0.6 is 0 Å². The summed E-state index contributed by atoms with van der Waals surface area (Å²) < 4.78 is 16.1. The highest BCUT2D eigenvalue weighted by atomic mass is 32.2. The van der Waals surface area contributed by atoms with Gasteiger partial charge in [0.05, 0.1) is 7.11 Å². The maximum absolute atomic E-state index is 11.0. The van der Waals surface area contributed by atoms with E-state index in [4.69, 9.17) is 4.74 Å². The first-order valence-corrected chi connectivity index (χ1v) is 7.20. The van der Waals surface area contributed by atoms with E-state index in [0.29, 0.717) is 17.5 Å². The minimum absolute atomic E-state index is 0.220. The summed E-state index contributed by atoms with van der Waals surface area (Å²) in [6, 6.07) is 1.98. The Morgan fingerprint density at radius 1 is 1.53 bits per heavy atom. The molecule has 2 atom stereocenters. The molecule has 0 amide bonds. The SMILES string of the molecule is COc1cc(NC(C)CCS(C)=O)nc(C)n1. The first-order chi connectivity index (χ1) is 8.01. The molecule has 0 aliphatic heterocycles. The fourth-order valence-corrected chi connectivity index (χ4v) is 2.07. The van der Waals surface area contributed by atoms with E-state index in [0.717, 1.165) is 12.2 Å². The van der Waals surface area contributed by atoms with Crippen molar-refractivity contribution in [3.8, 4) is 5.88 Å². The second-order valence-corrected chi connectivity index (χ2v) is 5.51. The number of hydrogen-bond donors (Lipinski definition) is 1. The smallest absolute Gasteiger partial charge is 0.218 e. The number of ether oxygens (including phenoxy) is 1. The van der Waals surface area contributed by atoms with Crippen LogP contribution in [0.25, 0.3) is 0 Å². The highest BCUT2D eigenvalue weighted by molar-refractivity contribution is 7.84. The van der Waals surface area contributed by atoms with E-state index in [1.54, 1.807) is 19.4 Å². The number of nitrogens with zero attached hydrogens (tertiary/aromatic N) is 2. The van der Waals surface area contributed by atoms with Crippen LogP contribution in [0.2, 0.25) is 0 Å². The Hall–Kier alpha value is -1.17. The van der Waals surface area contributed by atoms with E-state index in [9.17, 15) is 4.21 Å². The van der Waals surface area contributed by atoms with Gasteiger partial charge < -0.3 is 10.1 Å². The van der Waals surface area contributed by atoms with Crippen LogP contribution in [0, 0.1) is 6.92 Å². The van der Waals surface area contributed by atoms with Gasteiger partial charge in [-0.05, 0) is 20.3 Å². The van der Waals surface area contributed by atoms with Gasteiger partial charge in [-0.2, -0.15) is 4.98 Å². The Labute approximate surface area is 104 Å². The predicted molar refractivity (Wildman–Crippen MR) is 70.0 cm³/mol. The summed E-state index contributed by atoms with van der Waals surface area (Å²) in [5.41, 5.74) is 0. The van der Waals surface area contributed by atoms with E-state index >= 15 is 0 Å². The van der Waals surface area contributed by atoms with Crippen LogP contribution < -0.4 is 10.1 Å². The molecule has 0 spiro atoms. The van der Waals surface area contributed by atoms with Gasteiger partial charge in [0.1, 0.15) is 11.6 Å². The van der Waals surface area contributed by atoms with Crippen LogP contribution in [0.1, 0.15) is 19.2 Å². The average molecular weight is 257 g/mol. The van der Waals surface area contributed by atoms with Crippen LogP contribution in [0.5, 0.6) is 5.88 Å². The molecule has 0 radical (unpaired) electrons. The van der Waals surface area contributed by atoms with Gasteiger partial charge in [-0.25, -0.2) is 4.98 Å². The molecule has 1 rings (SSSR count). The van der Waals surface area contributed by atoms with E-state index < -0.39 is 10.8 Å². The molecule has 2 unspecified atom stereocenters. The molecule has 96 valence electrons. The maximum atomic E-state index is 11.0. The number of rotatable bonds is 6. The zero-order valence-corrected chi connectivity index (χ0v) is 11.5. The topological polar surface area (TPSA) is 64.1 Å². The lowest BCUT2D eigenvalue weighted by atomic mass is 10.2. The molecule has 0 bridgehead atoms. The van der Waals surface area contributed by atoms with E-state index in [-0.39, 0.29) is 6.04 Å². The Bertz CT molecular complexity index is 398. The van der Waals surface area contributed by atoms with Gasteiger partial charge in [-0.1, -0.05) is 0 Å². The molecule has 0 saturated heterocycles. The van der Waals surface area contributed by atoms with Gasteiger partial charge in [0.15, 0.2) is 0 Å². The quantitative estimate of drug-likeness (QED) is 0.833. The predicted octanol–water partition coefficient (Wildman–Crippen LogP) is 1.36. The summed E-state index contributed by atoms with van der Waals surface area (Å²) >= 11 is 0. The molecule has 1 heterocycles. The molecule has 5 nitrogen and oxygen atoms in total. The van der Waals surface area contributed by atoms with Gasteiger partial charge in [0.25, 0.3) is 0 Å². The first kappa shape index (κ1) is 13.9. The molecule has 17 heavy (non-hydrogen) atoms. The van der Waals surface area contributed by atoms with Gasteiger partial charge in [-0.3, -0.25) is 4.21 Å². The van der Waals surface area contributed by atoms with Crippen molar-refractivity contribution < 1.29 is 8.95 Å². The molecule has 6 heteroatoms. The van der Waals surface area contributed by atoms with Crippen LogP contribution in [0.15, 0.2) is 6.07 Å². The average Bonchev–Trinajstić information content (AvgIpc) is 2.25. The summed E-state index contributed by atoms with van der Waals surface area (Å²) in [6.07, 6.45) is 2.55. The van der Waals surface area contributed by atoms with Crippen molar-refractivity contribution in [1.82, 2.24) is 9.97 Å². The molecular formula is C11H19N3O2S.